The molecule has 1 unspecified atom stereocenters. The van der Waals surface area contributed by atoms with E-state index in [0.717, 1.165) is 43.9 Å². The van der Waals surface area contributed by atoms with Gasteiger partial charge in [-0.3, -0.25) is 5.32 Å². The summed E-state index contributed by atoms with van der Waals surface area (Å²) >= 11 is 0. The van der Waals surface area contributed by atoms with E-state index in [1.165, 1.54) is 19.3 Å². The van der Waals surface area contributed by atoms with Crippen molar-refractivity contribution < 1.29 is 4.79 Å². The number of likely N-dealkylation sites (tertiary alicyclic amines) is 1. The SMILES string of the molecule is Cc1cc(NC(=O)N2CCC(CN)C2)n(C2CCCCC2)n1. The van der Waals surface area contributed by atoms with Crippen LogP contribution < -0.4 is 11.1 Å². The van der Waals surface area contributed by atoms with Crippen LogP contribution in [0.3, 0.4) is 0 Å². The number of nitrogens with two attached hydrogens (primary N) is 1. The Morgan fingerprint density at radius 3 is 2.82 bits per heavy atom. The molecule has 0 bridgehead atoms. The number of amides is 2. The van der Waals surface area contributed by atoms with Crippen LogP contribution >= 0.6 is 0 Å². The summed E-state index contributed by atoms with van der Waals surface area (Å²) in [7, 11) is 0. The van der Waals surface area contributed by atoms with Gasteiger partial charge in [-0.15, -0.1) is 0 Å². The number of rotatable bonds is 3. The third-order valence-electron chi connectivity index (χ3n) is 4.92. The minimum atomic E-state index is -0.0205. The molecule has 0 aromatic carbocycles. The largest absolute Gasteiger partial charge is 0.330 e. The van der Waals surface area contributed by atoms with Crippen molar-refractivity contribution in [1.82, 2.24) is 14.7 Å². The van der Waals surface area contributed by atoms with Gasteiger partial charge in [0.2, 0.25) is 0 Å². The molecule has 122 valence electrons. The normalized spacial score (nSPS) is 23.0. The molecule has 2 fully saturated rings. The topological polar surface area (TPSA) is 76.2 Å². The highest BCUT2D eigenvalue weighted by Crippen LogP contribution is 2.30. The predicted octanol–water partition coefficient (Wildman–Crippen LogP) is 2.51. The average Bonchev–Trinajstić information content (AvgIpc) is 3.15. The van der Waals surface area contributed by atoms with Crippen molar-refractivity contribution in [2.75, 3.05) is 25.0 Å². The van der Waals surface area contributed by atoms with E-state index in [1.807, 2.05) is 22.6 Å². The van der Waals surface area contributed by atoms with E-state index in [1.54, 1.807) is 0 Å². The van der Waals surface area contributed by atoms with Crippen LogP contribution in [-0.4, -0.2) is 40.3 Å². The zero-order valence-electron chi connectivity index (χ0n) is 13.4. The van der Waals surface area contributed by atoms with Crippen molar-refractivity contribution in [3.05, 3.63) is 11.8 Å². The van der Waals surface area contributed by atoms with E-state index in [2.05, 4.69) is 10.4 Å². The van der Waals surface area contributed by atoms with E-state index in [4.69, 9.17) is 5.73 Å². The van der Waals surface area contributed by atoms with Crippen LogP contribution in [0.4, 0.5) is 10.6 Å². The van der Waals surface area contributed by atoms with Gasteiger partial charge in [0, 0.05) is 19.2 Å². The summed E-state index contributed by atoms with van der Waals surface area (Å²) < 4.78 is 2.03. The predicted molar refractivity (Wildman–Crippen MR) is 86.8 cm³/mol. The van der Waals surface area contributed by atoms with Crippen molar-refractivity contribution in [3.63, 3.8) is 0 Å². The van der Waals surface area contributed by atoms with Crippen LogP contribution in [0.2, 0.25) is 0 Å². The van der Waals surface area contributed by atoms with Gasteiger partial charge in [0.15, 0.2) is 0 Å². The molecule has 2 amide bonds. The molecular weight excluding hydrogens is 278 g/mol. The fourth-order valence-corrected chi connectivity index (χ4v) is 3.61. The second-order valence-electron chi connectivity index (χ2n) is 6.67. The molecule has 3 rings (SSSR count). The lowest BCUT2D eigenvalue weighted by Crippen LogP contribution is -2.34. The number of aryl methyl sites for hydroxylation is 1. The first kappa shape index (κ1) is 15.3. The number of anilines is 1. The lowest BCUT2D eigenvalue weighted by atomic mass is 9.96. The number of urea groups is 1. The first-order valence-electron chi connectivity index (χ1n) is 8.49. The molecule has 1 aromatic rings. The Morgan fingerprint density at radius 2 is 2.14 bits per heavy atom. The summed E-state index contributed by atoms with van der Waals surface area (Å²) in [5.74, 6) is 1.28. The van der Waals surface area contributed by atoms with Gasteiger partial charge in [0.1, 0.15) is 5.82 Å². The van der Waals surface area contributed by atoms with Crippen LogP contribution in [0.1, 0.15) is 50.3 Å². The van der Waals surface area contributed by atoms with Gasteiger partial charge in [0.05, 0.1) is 11.7 Å². The molecule has 1 aromatic heterocycles. The fraction of sp³-hybridized carbons (Fsp3) is 0.750. The molecule has 1 aliphatic carbocycles. The Morgan fingerprint density at radius 1 is 1.36 bits per heavy atom. The zero-order valence-corrected chi connectivity index (χ0v) is 13.4. The first-order chi connectivity index (χ1) is 10.7. The molecule has 2 aliphatic rings. The summed E-state index contributed by atoms with van der Waals surface area (Å²) in [6, 6.07) is 2.38. The van der Waals surface area contributed by atoms with E-state index in [9.17, 15) is 4.79 Å². The van der Waals surface area contributed by atoms with Crippen molar-refractivity contribution in [2.45, 2.75) is 51.5 Å². The van der Waals surface area contributed by atoms with Gasteiger partial charge in [-0.05, 0) is 38.6 Å². The Bertz CT molecular complexity index is 521. The quantitative estimate of drug-likeness (QED) is 0.901. The van der Waals surface area contributed by atoms with E-state index in [-0.39, 0.29) is 6.03 Å². The molecule has 3 N–H and O–H groups in total. The third kappa shape index (κ3) is 3.27. The van der Waals surface area contributed by atoms with E-state index < -0.39 is 0 Å². The van der Waals surface area contributed by atoms with Crippen LogP contribution in [0.5, 0.6) is 0 Å². The Kier molecular flexibility index (Phi) is 4.66. The van der Waals surface area contributed by atoms with Crippen molar-refractivity contribution >= 4 is 11.8 Å². The lowest BCUT2D eigenvalue weighted by molar-refractivity contribution is 0.220. The van der Waals surface area contributed by atoms with Crippen LogP contribution in [-0.2, 0) is 0 Å². The average molecular weight is 305 g/mol. The number of nitrogens with one attached hydrogen (secondary N) is 1. The molecule has 22 heavy (non-hydrogen) atoms. The van der Waals surface area contributed by atoms with Gasteiger partial charge < -0.3 is 10.6 Å². The minimum Gasteiger partial charge on any atom is -0.330 e. The number of aromatic nitrogens is 2. The molecule has 6 heteroatoms. The maximum absolute atomic E-state index is 12.5. The minimum absolute atomic E-state index is 0.0205. The fourth-order valence-electron chi connectivity index (χ4n) is 3.61. The number of carbonyl (C=O) groups is 1. The monoisotopic (exact) mass is 305 g/mol. The van der Waals surface area contributed by atoms with Gasteiger partial charge in [0.25, 0.3) is 0 Å². The highest BCUT2D eigenvalue weighted by atomic mass is 16.2. The molecular formula is C16H27N5O. The maximum Gasteiger partial charge on any atom is 0.323 e. The molecule has 6 nitrogen and oxygen atoms in total. The molecule has 0 radical (unpaired) electrons. The molecule has 1 saturated carbocycles. The summed E-state index contributed by atoms with van der Waals surface area (Å²) in [6.45, 7) is 4.20. The molecule has 2 heterocycles. The van der Waals surface area contributed by atoms with Gasteiger partial charge in [-0.1, -0.05) is 19.3 Å². The first-order valence-corrected chi connectivity index (χ1v) is 8.49. The highest BCUT2D eigenvalue weighted by molar-refractivity contribution is 5.88. The number of nitrogens with zero attached hydrogens (tertiary/aromatic N) is 3. The standard InChI is InChI=1S/C16H27N5O/c1-12-9-15(21(19-12)14-5-3-2-4-6-14)18-16(22)20-8-7-13(10-17)11-20/h9,13-14H,2-8,10-11,17H2,1H3,(H,18,22). The summed E-state index contributed by atoms with van der Waals surface area (Å²) in [4.78, 5) is 14.3. The lowest BCUT2D eigenvalue weighted by Gasteiger charge is -2.25. The van der Waals surface area contributed by atoms with Crippen molar-refractivity contribution in [1.29, 1.82) is 0 Å². The molecule has 0 spiro atoms. The van der Waals surface area contributed by atoms with Gasteiger partial charge >= 0.3 is 6.03 Å². The second-order valence-corrected chi connectivity index (χ2v) is 6.67. The number of carbonyl (C=O) groups excluding carboxylic acids is 1. The third-order valence-corrected chi connectivity index (χ3v) is 4.92. The van der Waals surface area contributed by atoms with E-state index >= 15 is 0 Å². The smallest absolute Gasteiger partial charge is 0.323 e. The maximum atomic E-state index is 12.5. The van der Waals surface area contributed by atoms with Gasteiger partial charge in [-0.2, -0.15) is 5.10 Å². The van der Waals surface area contributed by atoms with Crippen LogP contribution in [0.15, 0.2) is 6.07 Å². The highest BCUT2D eigenvalue weighted by Gasteiger charge is 2.27. The molecule has 1 saturated heterocycles. The summed E-state index contributed by atoms with van der Waals surface area (Å²) in [5.41, 5.74) is 6.66. The number of hydrogen-bond donors (Lipinski definition) is 2. The number of hydrogen-bond acceptors (Lipinski definition) is 3. The Hall–Kier alpha value is -1.56. The molecule has 1 atom stereocenters. The zero-order chi connectivity index (χ0) is 15.5. The van der Waals surface area contributed by atoms with E-state index in [0.29, 0.717) is 18.5 Å². The van der Waals surface area contributed by atoms with Crippen LogP contribution in [0, 0.1) is 12.8 Å². The second kappa shape index (κ2) is 6.69. The Labute approximate surface area is 132 Å². The molecule has 1 aliphatic heterocycles. The Balaban J connectivity index is 1.68. The van der Waals surface area contributed by atoms with Crippen molar-refractivity contribution in [2.24, 2.45) is 11.7 Å². The van der Waals surface area contributed by atoms with Gasteiger partial charge in [-0.25, -0.2) is 9.48 Å². The summed E-state index contributed by atoms with van der Waals surface area (Å²) in [6.07, 6.45) is 7.13. The van der Waals surface area contributed by atoms with Crippen LogP contribution in [0.25, 0.3) is 0 Å². The van der Waals surface area contributed by atoms with Crippen molar-refractivity contribution in [3.8, 4) is 0 Å². The summed E-state index contributed by atoms with van der Waals surface area (Å²) in [5, 5.41) is 7.67.